The summed E-state index contributed by atoms with van der Waals surface area (Å²) in [6, 6.07) is 2.02. The van der Waals surface area contributed by atoms with E-state index in [-0.39, 0.29) is 6.61 Å². The predicted molar refractivity (Wildman–Crippen MR) is 80.4 cm³/mol. The van der Waals surface area contributed by atoms with Gasteiger partial charge in [-0.2, -0.15) is 4.31 Å². The highest BCUT2D eigenvalue weighted by atomic mass is 32.2. The minimum absolute atomic E-state index is 0.109. The highest BCUT2D eigenvalue weighted by Crippen LogP contribution is 2.38. The Labute approximate surface area is 126 Å². The second kappa shape index (κ2) is 5.74. The van der Waals surface area contributed by atoms with E-state index >= 15 is 0 Å². The smallest absolute Gasteiger partial charge is 0.244 e. The Bertz CT molecular complexity index is 600. The van der Waals surface area contributed by atoms with Crippen LogP contribution >= 0.6 is 0 Å². The lowest BCUT2D eigenvalue weighted by Crippen LogP contribution is -2.33. The minimum Gasteiger partial charge on any atom is -0.390 e. The second-order valence-electron chi connectivity index (χ2n) is 6.27. The molecule has 0 spiro atoms. The van der Waals surface area contributed by atoms with Gasteiger partial charge in [0.25, 0.3) is 0 Å². The Hall–Kier alpha value is -0.850. The van der Waals surface area contributed by atoms with Crippen LogP contribution in [-0.4, -0.2) is 35.5 Å². The Morgan fingerprint density at radius 1 is 1.33 bits per heavy atom. The number of sulfonamides is 1. The van der Waals surface area contributed by atoms with Crippen LogP contribution in [0, 0.1) is 5.92 Å². The third-order valence-electron chi connectivity index (χ3n) is 4.28. The molecule has 1 aromatic rings. The van der Waals surface area contributed by atoms with Gasteiger partial charge >= 0.3 is 0 Å². The zero-order valence-electron chi connectivity index (χ0n) is 12.5. The Kier molecular flexibility index (Phi) is 4.12. The van der Waals surface area contributed by atoms with E-state index in [1.165, 1.54) is 0 Å². The molecule has 21 heavy (non-hydrogen) atoms. The van der Waals surface area contributed by atoms with Gasteiger partial charge in [0.1, 0.15) is 4.90 Å². The zero-order valence-corrected chi connectivity index (χ0v) is 13.3. The maximum Gasteiger partial charge on any atom is 0.244 e. The molecule has 0 saturated heterocycles. The summed E-state index contributed by atoms with van der Waals surface area (Å²) in [6.45, 7) is 3.10. The minimum atomic E-state index is -3.43. The van der Waals surface area contributed by atoms with Crippen molar-refractivity contribution in [3.8, 4) is 0 Å². The molecule has 0 amide bonds. The Balaban J connectivity index is 1.87. The fourth-order valence-corrected chi connectivity index (χ4v) is 4.41. The molecule has 2 fully saturated rings. The van der Waals surface area contributed by atoms with E-state index in [2.05, 4.69) is 0 Å². The molecule has 0 atom stereocenters. The monoisotopic (exact) mass is 312 g/mol. The van der Waals surface area contributed by atoms with Crippen molar-refractivity contribution < 1.29 is 13.5 Å². The molecule has 0 bridgehead atoms. The van der Waals surface area contributed by atoms with Crippen molar-refractivity contribution in [2.24, 2.45) is 5.92 Å². The van der Waals surface area contributed by atoms with E-state index in [9.17, 15) is 13.5 Å². The quantitative estimate of drug-likeness (QED) is 0.800. The van der Waals surface area contributed by atoms with Crippen LogP contribution < -0.4 is 0 Å². The van der Waals surface area contributed by atoms with Gasteiger partial charge in [-0.3, -0.25) is 0 Å². The van der Waals surface area contributed by atoms with Gasteiger partial charge in [0.2, 0.25) is 10.0 Å². The summed E-state index contributed by atoms with van der Waals surface area (Å²) in [5.41, 5.74) is 0.707. The highest BCUT2D eigenvalue weighted by Gasteiger charge is 2.33. The van der Waals surface area contributed by atoms with E-state index in [0.717, 1.165) is 32.1 Å². The largest absolute Gasteiger partial charge is 0.390 e. The van der Waals surface area contributed by atoms with Gasteiger partial charge in [-0.1, -0.05) is 6.92 Å². The van der Waals surface area contributed by atoms with Crippen LogP contribution in [0.4, 0.5) is 0 Å². The number of hydrogen-bond donors (Lipinski definition) is 1. The average Bonchev–Trinajstić information content (AvgIpc) is 3.37. The van der Waals surface area contributed by atoms with Gasteiger partial charge in [-0.25, -0.2) is 8.42 Å². The van der Waals surface area contributed by atoms with Crippen LogP contribution in [0.5, 0.6) is 0 Å². The van der Waals surface area contributed by atoms with E-state index < -0.39 is 10.0 Å². The summed E-state index contributed by atoms with van der Waals surface area (Å²) >= 11 is 0. The molecule has 0 unspecified atom stereocenters. The van der Waals surface area contributed by atoms with E-state index in [1.54, 1.807) is 16.6 Å². The van der Waals surface area contributed by atoms with Crippen molar-refractivity contribution in [3.05, 3.63) is 18.0 Å². The van der Waals surface area contributed by atoms with Crippen LogP contribution in [0.15, 0.2) is 17.2 Å². The standard InChI is InChI=1S/C15H24N2O3S/c1-2-7-16(9-12-3-4-12)21(19,20)15-8-14(11-18)17(10-15)13-5-6-13/h8,10,12-13,18H,2-7,9,11H2,1H3. The maximum atomic E-state index is 12.8. The van der Waals surface area contributed by atoms with Gasteiger partial charge in [0, 0.05) is 31.0 Å². The zero-order chi connectivity index (χ0) is 15.0. The summed E-state index contributed by atoms with van der Waals surface area (Å²) < 4.78 is 29.2. The molecule has 2 aliphatic rings. The first-order chi connectivity index (χ1) is 10.1. The number of hydrogen-bond acceptors (Lipinski definition) is 3. The molecular weight excluding hydrogens is 288 g/mol. The second-order valence-corrected chi connectivity index (χ2v) is 8.21. The molecule has 0 aromatic carbocycles. The normalized spacial score (nSPS) is 19.4. The summed E-state index contributed by atoms with van der Waals surface area (Å²) in [7, 11) is -3.43. The lowest BCUT2D eigenvalue weighted by atomic mass is 10.4. The average molecular weight is 312 g/mol. The molecule has 1 heterocycles. The number of aliphatic hydroxyl groups excluding tert-OH is 1. The van der Waals surface area contributed by atoms with Crippen LogP contribution in [-0.2, 0) is 16.6 Å². The third kappa shape index (κ3) is 3.17. The van der Waals surface area contributed by atoms with Crippen LogP contribution in [0.1, 0.15) is 50.8 Å². The molecule has 0 aliphatic heterocycles. The van der Waals surface area contributed by atoms with Gasteiger partial charge in [-0.05, 0) is 44.1 Å². The van der Waals surface area contributed by atoms with Crippen molar-refractivity contribution in [2.75, 3.05) is 13.1 Å². The number of aromatic nitrogens is 1. The Morgan fingerprint density at radius 3 is 2.57 bits per heavy atom. The van der Waals surface area contributed by atoms with Gasteiger partial charge < -0.3 is 9.67 Å². The third-order valence-corrected chi connectivity index (χ3v) is 6.11. The predicted octanol–water partition coefficient (Wildman–Crippen LogP) is 2.13. The maximum absolute atomic E-state index is 12.8. The first-order valence-corrected chi connectivity index (χ1v) is 9.32. The first kappa shape index (κ1) is 15.1. The van der Waals surface area contributed by atoms with E-state index in [4.69, 9.17) is 0 Å². The molecule has 2 aliphatic carbocycles. The molecular formula is C15H24N2O3S. The van der Waals surface area contributed by atoms with Crippen LogP contribution in [0.25, 0.3) is 0 Å². The van der Waals surface area contributed by atoms with Crippen molar-refractivity contribution in [3.63, 3.8) is 0 Å². The molecule has 1 N–H and O–H groups in total. The lowest BCUT2D eigenvalue weighted by Gasteiger charge is -2.20. The molecule has 6 heteroatoms. The summed E-state index contributed by atoms with van der Waals surface area (Å²) in [6.07, 6.45) is 6.96. The van der Waals surface area contributed by atoms with E-state index in [0.29, 0.717) is 35.6 Å². The number of rotatable bonds is 8. The van der Waals surface area contributed by atoms with Crippen molar-refractivity contribution in [1.82, 2.24) is 8.87 Å². The summed E-state index contributed by atoms with van der Waals surface area (Å²) in [5.74, 6) is 0.536. The molecule has 1 aromatic heterocycles. The van der Waals surface area contributed by atoms with Crippen LogP contribution in [0.2, 0.25) is 0 Å². The summed E-state index contributed by atoms with van der Waals surface area (Å²) in [5, 5.41) is 9.44. The van der Waals surface area contributed by atoms with Gasteiger partial charge in [-0.15, -0.1) is 0 Å². The number of aliphatic hydroxyl groups is 1. The van der Waals surface area contributed by atoms with Crippen LogP contribution in [0.3, 0.4) is 0 Å². The number of nitrogens with zero attached hydrogens (tertiary/aromatic N) is 2. The van der Waals surface area contributed by atoms with Gasteiger partial charge in [0.15, 0.2) is 0 Å². The first-order valence-electron chi connectivity index (χ1n) is 7.88. The highest BCUT2D eigenvalue weighted by molar-refractivity contribution is 7.89. The summed E-state index contributed by atoms with van der Waals surface area (Å²) in [4.78, 5) is 0.340. The Morgan fingerprint density at radius 2 is 2.05 bits per heavy atom. The van der Waals surface area contributed by atoms with Crippen molar-refractivity contribution in [2.45, 2.75) is 56.6 Å². The molecule has 118 valence electrons. The molecule has 2 saturated carbocycles. The topological polar surface area (TPSA) is 62.5 Å². The van der Waals surface area contributed by atoms with Crippen molar-refractivity contribution >= 4 is 10.0 Å². The van der Waals surface area contributed by atoms with Crippen molar-refractivity contribution in [1.29, 1.82) is 0 Å². The fourth-order valence-electron chi connectivity index (χ4n) is 2.75. The SMILES string of the molecule is CCCN(CC1CC1)S(=O)(=O)c1cc(CO)n(C2CC2)c1. The molecule has 0 radical (unpaired) electrons. The molecule has 5 nitrogen and oxygen atoms in total. The fraction of sp³-hybridized carbons (Fsp3) is 0.733. The van der Waals surface area contributed by atoms with E-state index in [1.807, 2.05) is 11.5 Å². The van der Waals surface area contributed by atoms with Gasteiger partial charge in [0.05, 0.1) is 6.61 Å². The lowest BCUT2D eigenvalue weighted by molar-refractivity contribution is 0.270. The molecule has 3 rings (SSSR count).